The fourth-order valence-electron chi connectivity index (χ4n) is 3.72. The summed E-state index contributed by atoms with van der Waals surface area (Å²) in [7, 11) is 0. The third kappa shape index (κ3) is 3.17. The van der Waals surface area contributed by atoms with Crippen molar-refractivity contribution in [1.82, 2.24) is 15.2 Å². The van der Waals surface area contributed by atoms with Crippen LogP contribution in [-0.2, 0) is 6.42 Å². The maximum Gasteiger partial charge on any atom is 0.147 e. The van der Waals surface area contributed by atoms with Gasteiger partial charge < -0.3 is 9.88 Å². The first-order valence-corrected chi connectivity index (χ1v) is 9.03. The highest BCUT2D eigenvalue weighted by atomic mass is 15.2. The molecule has 4 rings (SSSR count). The van der Waals surface area contributed by atoms with E-state index in [1.54, 1.807) is 0 Å². The van der Waals surface area contributed by atoms with Gasteiger partial charge in [0.05, 0.1) is 24.5 Å². The number of H-pyrrole nitrogens is 2. The zero-order chi connectivity index (χ0) is 17.2. The van der Waals surface area contributed by atoms with Crippen LogP contribution < -0.4 is 4.90 Å². The van der Waals surface area contributed by atoms with E-state index in [1.165, 1.54) is 47.7 Å². The Labute approximate surface area is 148 Å². The summed E-state index contributed by atoms with van der Waals surface area (Å²) in [4.78, 5) is 4.93. The Morgan fingerprint density at radius 2 is 1.96 bits per heavy atom. The number of hydrogen-bond donors (Lipinski definition) is 3. The maximum absolute atomic E-state index is 4.53. The molecule has 1 saturated heterocycles. The van der Waals surface area contributed by atoms with Crippen LogP contribution in [0.25, 0.3) is 17.0 Å². The lowest BCUT2D eigenvalue weighted by atomic mass is 10.0. The minimum absolute atomic E-state index is 0.867. The van der Waals surface area contributed by atoms with Crippen molar-refractivity contribution in [2.24, 2.45) is 0 Å². The summed E-state index contributed by atoms with van der Waals surface area (Å²) in [5.41, 5.74) is 8.22. The van der Waals surface area contributed by atoms with Crippen LogP contribution in [0.3, 0.4) is 0 Å². The molecule has 2 aromatic heterocycles. The van der Waals surface area contributed by atoms with Crippen molar-refractivity contribution in [2.45, 2.75) is 26.2 Å². The molecule has 25 heavy (non-hydrogen) atoms. The van der Waals surface area contributed by atoms with Crippen LogP contribution in [0.15, 0.2) is 49.2 Å². The van der Waals surface area contributed by atoms with E-state index in [0.29, 0.717) is 0 Å². The Hall–Kier alpha value is -2.59. The summed E-state index contributed by atoms with van der Waals surface area (Å²) in [6.45, 7) is 8.81. The number of hydrogen-bond acceptors (Lipinski definition) is 1. The van der Waals surface area contributed by atoms with E-state index in [0.717, 1.165) is 29.1 Å². The van der Waals surface area contributed by atoms with E-state index in [4.69, 9.17) is 0 Å². The van der Waals surface area contributed by atoms with Gasteiger partial charge in [0.15, 0.2) is 0 Å². The molecule has 0 radical (unpaired) electrons. The predicted molar refractivity (Wildman–Crippen MR) is 101 cm³/mol. The standard InChI is InChI=1S/C21H24N4/c1-15-19(21(24-23-15)18-8-4-3-5-9-18)12-17-13-20(22-14-17)16(2)25-10-6-7-11-25/h3-5,8-9,13-14,22H,2,6-7,10-12H2,1H3,(H,23,24)/p+1. The number of nitrogens with one attached hydrogen (secondary N) is 3. The number of nitrogens with zero attached hydrogens (tertiary/aromatic N) is 1. The highest BCUT2D eigenvalue weighted by molar-refractivity contribution is 5.64. The first-order valence-electron chi connectivity index (χ1n) is 9.03. The van der Waals surface area contributed by atoms with Gasteiger partial charge in [-0.1, -0.05) is 30.3 Å². The molecule has 4 nitrogen and oxygen atoms in total. The predicted octanol–water partition coefficient (Wildman–Crippen LogP) is 2.95. The lowest BCUT2D eigenvalue weighted by Crippen LogP contribution is -3.07. The van der Waals surface area contributed by atoms with E-state index < -0.39 is 0 Å². The molecule has 3 heterocycles. The van der Waals surface area contributed by atoms with Crippen molar-refractivity contribution in [1.29, 1.82) is 0 Å². The monoisotopic (exact) mass is 333 g/mol. The highest BCUT2D eigenvalue weighted by Crippen LogP contribution is 2.26. The Morgan fingerprint density at radius 1 is 1.20 bits per heavy atom. The van der Waals surface area contributed by atoms with Crippen molar-refractivity contribution in [3.8, 4) is 11.3 Å². The molecule has 3 aromatic rings. The molecular formula is C21H25N4+. The highest BCUT2D eigenvalue weighted by Gasteiger charge is 2.21. The van der Waals surface area contributed by atoms with E-state index in [2.05, 4.69) is 65.2 Å². The average molecular weight is 333 g/mol. The van der Waals surface area contributed by atoms with E-state index in [1.807, 2.05) is 6.07 Å². The lowest BCUT2D eigenvalue weighted by Gasteiger charge is -2.12. The summed E-state index contributed by atoms with van der Waals surface area (Å²) in [5.74, 6) is 0. The lowest BCUT2D eigenvalue weighted by molar-refractivity contribution is -0.810. The number of benzene rings is 1. The second-order valence-electron chi connectivity index (χ2n) is 6.93. The molecule has 0 atom stereocenters. The van der Waals surface area contributed by atoms with Gasteiger partial charge in [0.25, 0.3) is 0 Å². The number of quaternary nitrogens is 1. The van der Waals surface area contributed by atoms with Crippen molar-refractivity contribution in [3.63, 3.8) is 0 Å². The molecule has 128 valence electrons. The van der Waals surface area contributed by atoms with Gasteiger partial charge in [-0.15, -0.1) is 0 Å². The van der Waals surface area contributed by atoms with E-state index in [9.17, 15) is 0 Å². The van der Waals surface area contributed by atoms with Crippen LogP contribution in [0.1, 0.15) is 35.4 Å². The first-order chi connectivity index (χ1) is 12.2. The fourth-order valence-corrected chi connectivity index (χ4v) is 3.72. The number of likely N-dealkylation sites (tertiary alicyclic amines) is 1. The SMILES string of the molecule is C=C(c1cc(Cc2c(-c3ccccc3)n[nH]c2C)c[nH]1)[NH+]1CCCC1. The molecular weight excluding hydrogens is 308 g/mol. The normalized spacial score (nSPS) is 14.9. The average Bonchev–Trinajstić information content (AvgIpc) is 3.38. The summed E-state index contributed by atoms with van der Waals surface area (Å²) in [6, 6.07) is 12.6. The third-order valence-electron chi connectivity index (χ3n) is 5.20. The van der Waals surface area contributed by atoms with E-state index in [-0.39, 0.29) is 0 Å². The molecule has 4 heteroatoms. The minimum atomic E-state index is 0.867. The first kappa shape index (κ1) is 15.9. The second kappa shape index (κ2) is 6.73. The van der Waals surface area contributed by atoms with Crippen LogP contribution in [-0.4, -0.2) is 28.3 Å². The van der Waals surface area contributed by atoms with Gasteiger partial charge in [0.1, 0.15) is 5.70 Å². The molecule has 1 aliphatic rings. The van der Waals surface area contributed by atoms with Gasteiger partial charge in [-0.05, 0) is 25.1 Å². The molecule has 0 unspecified atom stereocenters. The van der Waals surface area contributed by atoms with Gasteiger partial charge in [-0.2, -0.15) is 5.10 Å². The zero-order valence-electron chi connectivity index (χ0n) is 14.7. The summed E-state index contributed by atoms with van der Waals surface area (Å²) < 4.78 is 0. The molecule has 1 aromatic carbocycles. The van der Waals surface area contributed by atoms with Gasteiger partial charge in [0, 0.05) is 42.3 Å². The van der Waals surface area contributed by atoms with Crippen LogP contribution >= 0.6 is 0 Å². The number of aryl methyl sites for hydroxylation is 1. The third-order valence-corrected chi connectivity index (χ3v) is 5.20. The topological polar surface area (TPSA) is 48.9 Å². The molecule has 0 bridgehead atoms. The van der Waals surface area contributed by atoms with Crippen LogP contribution in [0.4, 0.5) is 0 Å². The largest absolute Gasteiger partial charge is 0.357 e. The van der Waals surface area contributed by atoms with E-state index >= 15 is 0 Å². The molecule has 1 aliphatic heterocycles. The molecule has 0 amide bonds. The number of rotatable bonds is 5. The number of aromatic amines is 2. The summed E-state index contributed by atoms with van der Waals surface area (Å²) in [6.07, 6.45) is 5.58. The summed E-state index contributed by atoms with van der Waals surface area (Å²) in [5, 5.41) is 7.68. The quantitative estimate of drug-likeness (QED) is 0.660. The maximum atomic E-state index is 4.53. The summed E-state index contributed by atoms with van der Waals surface area (Å²) >= 11 is 0. The minimum Gasteiger partial charge on any atom is -0.357 e. The van der Waals surface area contributed by atoms with Gasteiger partial charge in [0.2, 0.25) is 0 Å². The van der Waals surface area contributed by atoms with Crippen LogP contribution in [0.5, 0.6) is 0 Å². The van der Waals surface area contributed by atoms with Gasteiger partial charge in [-0.25, -0.2) is 0 Å². The van der Waals surface area contributed by atoms with Crippen LogP contribution in [0.2, 0.25) is 0 Å². The molecule has 1 fully saturated rings. The molecule has 0 aliphatic carbocycles. The smallest absolute Gasteiger partial charge is 0.147 e. The molecule has 3 N–H and O–H groups in total. The van der Waals surface area contributed by atoms with Crippen molar-refractivity contribution in [3.05, 3.63) is 71.7 Å². The van der Waals surface area contributed by atoms with Crippen molar-refractivity contribution >= 4 is 5.70 Å². The van der Waals surface area contributed by atoms with Crippen LogP contribution in [0, 0.1) is 6.92 Å². The van der Waals surface area contributed by atoms with Gasteiger partial charge >= 0.3 is 0 Å². The second-order valence-corrected chi connectivity index (χ2v) is 6.93. The Morgan fingerprint density at radius 3 is 2.72 bits per heavy atom. The fraction of sp³-hybridized carbons (Fsp3) is 0.286. The Kier molecular flexibility index (Phi) is 4.28. The Bertz CT molecular complexity index is 866. The van der Waals surface area contributed by atoms with Crippen molar-refractivity contribution < 1.29 is 4.90 Å². The van der Waals surface area contributed by atoms with Crippen molar-refractivity contribution in [2.75, 3.05) is 13.1 Å². The number of aromatic nitrogens is 3. The molecule has 0 spiro atoms. The molecule has 0 saturated carbocycles. The zero-order valence-corrected chi connectivity index (χ0v) is 14.7. The van der Waals surface area contributed by atoms with Gasteiger partial charge in [-0.3, -0.25) is 5.10 Å². The Balaban J connectivity index is 1.57.